The fourth-order valence-corrected chi connectivity index (χ4v) is 2.19. The van der Waals surface area contributed by atoms with Crippen molar-refractivity contribution in [3.05, 3.63) is 33.8 Å². The molecule has 2 N–H and O–H groups in total. The van der Waals surface area contributed by atoms with Gasteiger partial charge in [-0.15, -0.1) is 0 Å². The molecule has 0 bridgehead atoms. The molecule has 0 unspecified atom stereocenters. The van der Waals surface area contributed by atoms with E-state index in [4.69, 9.17) is 43.1 Å². The number of amides is 1. The normalized spacial score (nSPS) is 13.9. The van der Waals surface area contributed by atoms with Crippen molar-refractivity contribution in [1.29, 1.82) is 0 Å². The Bertz CT molecular complexity index is 455. The highest BCUT2D eigenvalue weighted by Gasteiger charge is 2.37. The van der Waals surface area contributed by atoms with Gasteiger partial charge in [-0.25, -0.2) is 4.79 Å². The van der Waals surface area contributed by atoms with Crippen molar-refractivity contribution in [2.45, 2.75) is 19.1 Å². The van der Waals surface area contributed by atoms with E-state index in [2.05, 4.69) is 0 Å². The summed E-state index contributed by atoms with van der Waals surface area (Å²) in [5.41, 5.74) is 5.55. The zero-order chi connectivity index (χ0) is 14.5. The van der Waals surface area contributed by atoms with Gasteiger partial charge in [0.1, 0.15) is 0 Å². The van der Waals surface area contributed by atoms with Crippen LogP contribution in [0.4, 0.5) is 4.79 Å². The average molecular weight is 308 g/mol. The van der Waals surface area contributed by atoms with Crippen molar-refractivity contribution in [3.63, 3.8) is 0 Å². The van der Waals surface area contributed by atoms with Crippen LogP contribution in [-0.4, -0.2) is 20.0 Å². The number of carbonyl (C=O) groups is 1. The molecule has 106 valence electrons. The van der Waals surface area contributed by atoms with Crippen LogP contribution >= 0.6 is 23.2 Å². The summed E-state index contributed by atoms with van der Waals surface area (Å²) < 4.78 is 15.4. The largest absolute Gasteiger partial charge is 0.412 e. The predicted molar refractivity (Wildman–Crippen MR) is 72.1 cm³/mol. The third-order valence-electron chi connectivity index (χ3n) is 2.48. The average Bonchev–Trinajstić information content (AvgIpc) is 2.34. The Balaban J connectivity index is 3.22. The Morgan fingerprint density at radius 2 is 2.11 bits per heavy atom. The molecule has 5 nitrogen and oxygen atoms in total. The summed E-state index contributed by atoms with van der Waals surface area (Å²) in [6, 6.07) is 4.77. The number of ether oxygens (including phenoxy) is 3. The van der Waals surface area contributed by atoms with Crippen LogP contribution < -0.4 is 5.73 Å². The number of hydrogen-bond acceptors (Lipinski definition) is 4. The van der Waals surface area contributed by atoms with E-state index in [0.29, 0.717) is 22.0 Å². The van der Waals surface area contributed by atoms with Crippen LogP contribution in [-0.2, 0) is 20.0 Å². The molecular weight excluding hydrogens is 293 g/mol. The summed E-state index contributed by atoms with van der Waals surface area (Å²) in [4.78, 5) is 11.1. The van der Waals surface area contributed by atoms with Crippen LogP contribution in [0.25, 0.3) is 0 Å². The van der Waals surface area contributed by atoms with E-state index in [1.165, 1.54) is 13.2 Å². The van der Waals surface area contributed by atoms with Gasteiger partial charge in [-0.2, -0.15) is 0 Å². The van der Waals surface area contributed by atoms with Gasteiger partial charge in [-0.1, -0.05) is 30.1 Å². The van der Waals surface area contributed by atoms with Crippen LogP contribution in [0.3, 0.4) is 0 Å². The molecule has 1 amide bonds. The number of nitrogens with two attached hydrogens (primary N) is 1. The van der Waals surface area contributed by atoms with Gasteiger partial charge in [0.15, 0.2) is 6.79 Å². The molecule has 0 aliphatic rings. The van der Waals surface area contributed by atoms with Crippen molar-refractivity contribution < 1.29 is 19.0 Å². The minimum Gasteiger partial charge on any atom is -0.412 e. The molecular formula is C12H15Cl2NO4. The van der Waals surface area contributed by atoms with Gasteiger partial charge in [0, 0.05) is 24.1 Å². The number of carbonyl (C=O) groups excluding carboxylic acids is 1. The van der Waals surface area contributed by atoms with Crippen molar-refractivity contribution in [3.8, 4) is 0 Å². The number of rotatable bonds is 6. The molecule has 0 saturated carbocycles. The molecule has 1 rings (SSSR count). The zero-order valence-electron chi connectivity index (χ0n) is 10.6. The van der Waals surface area contributed by atoms with Gasteiger partial charge in [0.05, 0.1) is 5.02 Å². The molecule has 0 aliphatic heterocycles. The molecule has 1 atom stereocenters. The van der Waals surface area contributed by atoms with E-state index < -0.39 is 11.9 Å². The van der Waals surface area contributed by atoms with Crippen molar-refractivity contribution in [2.75, 3.05) is 13.9 Å². The second-order valence-electron chi connectivity index (χ2n) is 3.70. The predicted octanol–water partition coefficient (Wildman–Crippen LogP) is 3.27. The maximum atomic E-state index is 11.1. The first kappa shape index (κ1) is 16.0. The third-order valence-corrected chi connectivity index (χ3v) is 3.03. The molecule has 0 saturated heterocycles. The van der Waals surface area contributed by atoms with Gasteiger partial charge in [-0.3, -0.25) is 0 Å². The van der Waals surface area contributed by atoms with Gasteiger partial charge in [-0.05, 0) is 18.2 Å². The Morgan fingerprint density at radius 1 is 1.42 bits per heavy atom. The molecule has 1 aromatic rings. The smallest absolute Gasteiger partial charge is 0.407 e. The summed E-state index contributed by atoms with van der Waals surface area (Å²) in [6.45, 7) is 1.68. The Hall–Kier alpha value is -1.01. The van der Waals surface area contributed by atoms with E-state index in [1.54, 1.807) is 19.1 Å². The maximum absolute atomic E-state index is 11.1. The van der Waals surface area contributed by atoms with Crippen LogP contribution in [0.2, 0.25) is 10.0 Å². The molecule has 0 aliphatic carbocycles. The Morgan fingerprint density at radius 3 is 2.58 bits per heavy atom. The van der Waals surface area contributed by atoms with Crippen LogP contribution in [0.15, 0.2) is 18.2 Å². The van der Waals surface area contributed by atoms with Crippen LogP contribution in [0, 0.1) is 0 Å². The fraction of sp³-hybridized carbons (Fsp3) is 0.417. The summed E-state index contributed by atoms with van der Waals surface area (Å²) in [6.07, 6.45) is -0.662. The summed E-state index contributed by atoms with van der Waals surface area (Å²) >= 11 is 12.0. The fourth-order valence-electron chi connectivity index (χ4n) is 1.64. The van der Waals surface area contributed by atoms with E-state index in [9.17, 15) is 4.79 Å². The van der Waals surface area contributed by atoms with Gasteiger partial charge >= 0.3 is 6.09 Å². The minimum atomic E-state index is -1.40. The van der Waals surface area contributed by atoms with Gasteiger partial charge in [0.2, 0.25) is 5.79 Å². The lowest BCUT2D eigenvalue weighted by molar-refractivity contribution is -0.249. The summed E-state index contributed by atoms with van der Waals surface area (Å²) in [5, 5.41) is 0.774. The number of halogens is 2. The Kier molecular flexibility index (Phi) is 5.87. The third kappa shape index (κ3) is 3.98. The SMILES string of the molecule is CC[C@](OCOC)(OC(N)=O)c1ccc(Cl)cc1Cl. The molecule has 0 spiro atoms. The van der Waals surface area contributed by atoms with Crippen molar-refractivity contribution in [1.82, 2.24) is 0 Å². The quantitative estimate of drug-likeness (QED) is 0.819. The van der Waals surface area contributed by atoms with E-state index in [0.717, 1.165) is 0 Å². The van der Waals surface area contributed by atoms with Gasteiger partial charge < -0.3 is 19.9 Å². The topological polar surface area (TPSA) is 70.8 Å². The monoisotopic (exact) mass is 307 g/mol. The molecule has 0 heterocycles. The summed E-state index contributed by atoms with van der Waals surface area (Å²) in [5.74, 6) is -1.40. The minimum absolute atomic E-state index is 0.0833. The van der Waals surface area contributed by atoms with Gasteiger partial charge in [0.25, 0.3) is 0 Å². The van der Waals surface area contributed by atoms with Crippen LogP contribution in [0.5, 0.6) is 0 Å². The number of methoxy groups -OCH3 is 1. The number of primary amides is 1. The lowest BCUT2D eigenvalue weighted by atomic mass is 10.0. The van der Waals surface area contributed by atoms with Crippen molar-refractivity contribution >= 4 is 29.3 Å². The second-order valence-corrected chi connectivity index (χ2v) is 4.55. The van der Waals surface area contributed by atoms with Crippen molar-refractivity contribution in [2.24, 2.45) is 5.73 Å². The molecule has 0 fully saturated rings. The first-order chi connectivity index (χ1) is 8.95. The van der Waals surface area contributed by atoms with E-state index in [-0.39, 0.29) is 6.79 Å². The first-order valence-electron chi connectivity index (χ1n) is 5.52. The highest BCUT2D eigenvalue weighted by atomic mass is 35.5. The number of benzene rings is 1. The zero-order valence-corrected chi connectivity index (χ0v) is 12.1. The standard InChI is InChI=1S/C12H15Cl2NO4/c1-3-12(18-7-17-2,19-11(15)16)9-5-4-8(13)6-10(9)14/h4-6H,3,7H2,1-2H3,(H2,15,16)/t12-/m0/s1. The Labute approximate surface area is 121 Å². The van der Waals surface area contributed by atoms with Crippen LogP contribution in [0.1, 0.15) is 18.9 Å². The lowest BCUT2D eigenvalue weighted by Gasteiger charge is -2.32. The molecule has 0 radical (unpaired) electrons. The van der Waals surface area contributed by atoms with E-state index in [1.807, 2.05) is 0 Å². The first-order valence-corrected chi connectivity index (χ1v) is 6.27. The van der Waals surface area contributed by atoms with E-state index >= 15 is 0 Å². The molecule has 1 aromatic carbocycles. The highest BCUT2D eigenvalue weighted by Crippen LogP contribution is 2.37. The second kappa shape index (κ2) is 6.96. The lowest BCUT2D eigenvalue weighted by Crippen LogP contribution is -2.37. The molecule has 7 heteroatoms. The maximum Gasteiger partial charge on any atom is 0.407 e. The molecule has 0 aromatic heterocycles. The molecule has 19 heavy (non-hydrogen) atoms. The number of hydrogen-bond donors (Lipinski definition) is 1. The summed E-state index contributed by atoms with van der Waals surface area (Å²) in [7, 11) is 1.45. The highest BCUT2D eigenvalue weighted by molar-refractivity contribution is 6.35.